The molecule has 0 unspecified atom stereocenters. The van der Waals surface area contributed by atoms with Gasteiger partial charge in [-0.2, -0.15) is 0 Å². The summed E-state index contributed by atoms with van der Waals surface area (Å²) in [6.45, 7) is 2.68. The molecule has 7 heteroatoms. The molecule has 0 atom stereocenters. The molecular formula is C18H18Cl2N2O3. The molecule has 1 aliphatic rings. The Morgan fingerprint density at radius 2 is 1.96 bits per heavy atom. The molecule has 2 aromatic carbocycles. The third kappa shape index (κ3) is 4.00. The number of methoxy groups -OCH3 is 1. The first-order valence-electron chi connectivity index (χ1n) is 7.86. The first kappa shape index (κ1) is 17.9. The van der Waals surface area contributed by atoms with E-state index in [-0.39, 0.29) is 5.91 Å². The fourth-order valence-electron chi connectivity index (χ4n) is 2.77. The van der Waals surface area contributed by atoms with E-state index in [9.17, 15) is 4.79 Å². The van der Waals surface area contributed by atoms with Crippen LogP contribution in [0.5, 0.6) is 5.75 Å². The maximum absolute atomic E-state index is 12.8. The van der Waals surface area contributed by atoms with Crippen molar-refractivity contribution in [3.05, 3.63) is 52.0 Å². The molecule has 1 fully saturated rings. The van der Waals surface area contributed by atoms with Crippen LogP contribution in [-0.2, 0) is 4.74 Å². The summed E-state index contributed by atoms with van der Waals surface area (Å²) < 4.78 is 10.6. The lowest BCUT2D eigenvalue weighted by Gasteiger charge is -2.31. The average molecular weight is 381 g/mol. The smallest absolute Gasteiger partial charge is 0.259 e. The van der Waals surface area contributed by atoms with Crippen LogP contribution in [0.25, 0.3) is 0 Å². The maximum atomic E-state index is 12.8. The van der Waals surface area contributed by atoms with Crippen LogP contribution in [0.3, 0.4) is 0 Å². The van der Waals surface area contributed by atoms with Crippen molar-refractivity contribution in [3.8, 4) is 5.75 Å². The van der Waals surface area contributed by atoms with Gasteiger partial charge in [-0.05, 0) is 30.3 Å². The number of amides is 1. The number of morpholine rings is 1. The molecule has 1 heterocycles. The normalized spacial score (nSPS) is 14.3. The van der Waals surface area contributed by atoms with Crippen LogP contribution in [0.15, 0.2) is 36.4 Å². The number of nitrogens with zero attached hydrogens (tertiary/aromatic N) is 1. The predicted molar refractivity (Wildman–Crippen MR) is 100 cm³/mol. The number of carbonyl (C=O) groups excluding carboxylic acids is 1. The van der Waals surface area contributed by atoms with Crippen LogP contribution in [0.4, 0.5) is 11.4 Å². The van der Waals surface area contributed by atoms with Gasteiger partial charge in [-0.3, -0.25) is 4.79 Å². The minimum atomic E-state index is -0.309. The number of rotatable bonds is 4. The minimum Gasteiger partial charge on any atom is -0.496 e. The van der Waals surface area contributed by atoms with E-state index in [4.69, 9.17) is 32.7 Å². The molecule has 0 aromatic heterocycles. The fourth-order valence-corrected chi connectivity index (χ4v) is 3.24. The highest BCUT2D eigenvalue weighted by atomic mass is 35.5. The van der Waals surface area contributed by atoms with E-state index in [0.717, 1.165) is 5.69 Å². The number of benzene rings is 2. The predicted octanol–water partition coefficient (Wildman–Crippen LogP) is 4.09. The second kappa shape index (κ2) is 7.95. The molecular weight excluding hydrogens is 363 g/mol. The van der Waals surface area contributed by atoms with Gasteiger partial charge in [0.15, 0.2) is 0 Å². The molecule has 1 amide bonds. The maximum Gasteiger partial charge on any atom is 0.259 e. The van der Waals surface area contributed by atoms with E-state index in [1.54, 1.807) is 24.3 Å². The number of nitrogens with one attached hydrogen (secondary N) is 1. The average Bonchev–Trinajstić information content (AvgIpc) is 2.62. The van der Waals surface area contributed by atoms with Gasteiger partial charge in [-0.25, -0.2) is 0 Å². The summed E-state index contributed by atoms with van der Waals surface area (Å²) in [4.78, 5) is 14.9. The van der Waals surface area contributed by atoms with Gasteiger partial charge in [-0.15, -0.1) is 0 Å². The second-order valence-corrected chi connectivity index (χ2v) is 6.38. The molecule has 3 rings (SSSR count). The van der Waals surface area contributed by atoms with Gasteiger partial charge in [-0.1, -0.05) is 29.3 Å². The van der Waals surface area contributed by atoms with E-state index in [1.165, 1.54) is 7.11 Å². The lowest BCUT2D eigenvalue weighted by Crippen LogP contribution is -2.37. The molecule has 0 spiro atoms. The summed E-state index contributed by atoms with van der Waals surface area (Å²) in [5.41, 5.74) is 1.80. The number of halogens is 2. The van der Waals surface area contributed by atoms with Crippen LogP contribution in [0.2, 0.25) is 10.0 Å². The summed E-state index contributed by atoms with van der Waals surface area (Å²) in [7, 11) is 1.51. The SMILES string of the molecule is COc1ccc(Cl)cc1C(=O)Nc1cccc(Cl)c1N1CCOCC1. The molecule has 0 saturated carbocycles. The molecule has 25 heavy (non-hydrogen) atoms. The Morgan fingerprint density at radius 1 is 1.20 bits per heavy atom. The number of hydrogen-bond acceptors (Lipinski definition) is 4. The fraction of sp³-hybridized carbons (Fsp3) is 0.278. The van der Waals surface area contributed by atoms with E-state index >= 15 is 0 Å². The molecule has 132 valence electrons. The molecule has 5 nitrogen and oxygen atoms in total. The van der Waals surface area contributed by atoms with Crippen LogP contribution in [0.1, 0.15) is 10.4 Å². The quantitative estimate of drug-likeness (QED) is 0.867. The third-order valence-electron chi connectivity index (χ3n) is 3.97. The second-order valence-electron chi connectivity index (χ2n) is 5.53. The monoisotopic (exact) mass is 380 g/mol. The summed E-state index contributed by atoms with van der Waals surface area (Å²) >= 11 is 12.4. The van der Waals surface area contributed by atoms with Crippen molar-refractivity contribution >= 4 is 40.5 Å². The van der Waals surface area contributed by atoms with Crippen molar-refractivity contribution in [2.24, 2.45) is 0 Å². The summed E-state index contributed by atoms with van der Waals surface area (Å²) in [6, 6.07) is 10.4. The van der Waals surface area contributed by atoms with Crippen LogP contribution >= 0.6 is 23.2 Å². The number of ether oxygens (including phenoxy) is 2. The van der Waals surface area contributed by atoms with Gasteiger partial charge in [0.05, 0.1) is 42.3 Å². The van der Waals surface area contributed by atoms with Gasteiger partial charge in [0, 0.05) is 18.1 Å². The molecule has 0 bridgehead atoms. The lowest BCUT2D eigenvalue weighted by atomic mass is 10.1. The summed E-state index contributed by atoms with van der Waals surface area (Å²) in [6.07, 6.45) is 0. The van der Waals surface area contributed by atoms with E-state index < -0.39 is 0 Å². The van der Waals surface area contributed by atoms with Crippen molar-refractivity contribution in [3.63, 3.8) is 0 Å². The Balaban J connectivity index is 1.91. The van der Waals surface area contributed by atoms with Gasteiger partial charge in [0.1, 0.15) is 5.75 Å². The van der Waals surface area contributed by atoms with Crippen molar-refractivity contribution in [1.82, 2.24) is 0 Å². The molecule has 2 aromatic rings. The van der Waals surface area contributed by atoms with Gasteiger partial charge < -0.3 is 19.7 Å². The highest BCUT2D eigenvalue weighted by Crippen LogP contribution is 2.35. The molecule has 0 aliphatic carbocycles. The van der Waals surface area contributed by atoms with Gasteiger partial charge in [0.25, 0.3) is 5.91 Å². The van der Waals surface area contributed by atoms with Crippen LogP contribution in [0, 0.1) is 0 Å². The Morgan fingerprint density at radius 3 is 2.68 bits per heavy atom. The molecule has 1 saturated heterocycles. The zero-order valence-electron chi connectivity index (χ0n) is 13.7. The zero-order valence-corrected chi connectivity index (χ0v) is 15.2. The van der Waals surface area contributed by atoms with Crippen molar-refractivity contribution in [2.75, 3.05) is 43.6 Å². The van der Waals surface area contributed by atoms with Crippen molar-refractivity contribution < 1.29 is 14.3 Å². The Labute approximate surface area is 156 Å². The Kier molecular flexibility index (Phi) is 5.68. The first-order chi connectivity index (χ1) is 12.1. The molecule has 1 N–H and O–H groups in total. The molecule has 1 aliphatic heterocycles. The van der Waals surface area contributed by atoms with E-state index in [0.29, 0.717) is 53.3 Å². The third-order valence-corrected chi connectivity index (χ3v) is 4.51. The van der Waals surface area contributed by atoms with E-state index in [1.807, 2.05) is 12.1 Å². The zero-order chi connectivity index (χ0) is 17.8. The van der Waals surface area contributed by atoms with Gasteiger partial charge >= 0.3 is 0 Å². The number of hydrogen-bond donors (Lipinski definition) is 1. The highest BCUT2D eigenvalue weighted by Gasteiger charge is 2.20. The Hall–Kier alpha value is -1.95. The molecule has 0 radical (unpaired) electrons. The number of anilines is 2. The largest absolute Gasteiger partial charge is 0.496 e. The van der Waals surface area contributed by atoms with Gasteiger partial charge in [0.2, 0.25) is 0 Å². The number of carbonyl (C=O) groups is 1. The summed E-state index contributed by atoms with van der Waals surface area (Å²) in [5.74, 6) is 0.146. The first-order valence-corrected chi connectivity index (χ1v) is 8.62. The highest BCUT2D eigenvalue weighted by molar-refractivity contribution is 6.34. The van der Waals surface area contributed by atoms with E-state index in [2.05, 4.69) is 10.2 Å². The van der Waals surface area contributed by atoms with Crippen LogP contribution < -0.4 is 15.0 Å². The van der Waals surface area contributed by atoms with Crippen LogP contribution in [-0.4, -0.2) is 39.3 Å². The minimum absolute atomic E-state index is 0.309. The summed E-state index contributed by atoms with van der Waals surface area (Å²) in [5, 5.41) is 3.97. The van der Waals surface area contributed by atoms with Crippen molar-refractivity contribution in [2.45, 2.75) is 0 Å². The Bertz CT molecular complexity index is 777. The standard InChI is InChI=1S/C18H18Cl2N2O3/c1-24-16-6-5-12(19)11-13(16)18(23)21-15-4-2-3-14(20)17(15)22-7-9-25-10-8-22/h2-6,11H,7-10H2,1H3,(H,21,23). The lowest BCUT2D eigenvalue weighted by molar-refractivity contribution is 0.102. The van der Waals surface area contributed by atoms with Crippen molar-refractivity contribution in [1.29, 1.82) is 0 Å². The topological polar surface area (TPSA) is 50.8 Å². The number of para-hydroxylation sites is 1.